The maximum absolute atomic E-state index is 13.8. The second-order valence-corrected chi connectivity index (χ2v) is 10.5. The molecule has 2 unspecified atom stereocenters. The number of furan rings is 1. The summed E-state index contributed by atoms with van der Waals surface area (Å²) in [5.41, 5.74) is -0.254. The summed E-state index contributed by atoms with van der Waals surface area (Å²) in [4.78, 5) is 16.9. The number of carbonyl (C=O) groups excluding carboxylic acids is 1. The van der Waals surface area contributed by atoms with E-state index in [1.165, 1.54) is 11.3 Å². The Bertz CT molecular complexity index is 735. The van der Waals surface area contributed by atoms with Crippen molar-refractivity contribution in [3.05, 3.63) is 46.5 Å². The number of carbonyl (C=O) groups is 1. The minimum absolute atomic E-state index is 0.140. The van der Waals surface area contributed by atoms with Crippen molar-refractivity contribution in [2.75, 3.05) is 0 Å². The quantitative estimate of drug-likeness (QED) is 0.637. The average molecular weight is 390 g/mol. The standard InChI is InChI=1S/C21H24ClNO2S/c22-21-10-15-7-16(11-21)9-20(8-15,14-21)19(24)23(12-17-3-1-5-25-17)13-18-4-2-6-26-18/h1-6,15-16H,7-14H2/t15-,16+,20?,21?. The maximum Gasteiger partial charge on any atom is 0.229 e. The molecule has 138 valence electrons. The Morgan fingerprint density at radius 2 is 2.00 bits per heavy atom. The molecule has 26 heavy (non-hydrogen) atoms. The highest BCUT2D eigenvalue weighted by molar-refractivity contribution is 7.09. The van der Waals surface area contributed by atoms with Gasteiger partial charge in [0.1, 0.15) is 5.76 Å². The Kier molecular flexibility index (Phi) is 3.98. The van der Waals surface area contributed by atoms with Crippen molar-refractivity contribution in [1.82, 2.24) is 4.90 Å². The van der Waals surface area contributed by atoms with Crippen molar-refractivity contribution in [3.8, 4) is 0 Å². The molecule has 2 aromatic heterocycles. The third-order valence-electron chi connectivity index (χ3n) is 6.58. The number of thiophene rings is 1. The largest absolute Gasteiger partial charge is 0.467 e. The molecule has 0 aliphatic heterocycles. The van der Waals surface area contributed by atoms with E-state index in [-0.39, 0.29) is 10.3 Å². The lowest BCUT2D eigenvalue weighted by Crippen LogP contribution is -2.58. The summed E-state index contributed by atoms with van der Waals surface area (Å²) in [7, 11) is 0. The van der Waals surface area contributed by atoms with Gasteiger partial charge in [-0.1, -0.05) is 6.07 Å². The highest BCUT2D eigenvalue weighted by Gasteiger charge is 2.60. The van der Waals surface area contributed by atoms with Crippen molar-refractivity contribution >= 4 is 28.8 Å². The van der Waals surface area contributed by atoms with E-state index in [9.17, 15) is 4.79 Å². The fourth-order valence-electron chi connectivity index (χ4n) is 6.12. The second-order valence-electron chi connectivity index (χ2n) is 8.71. The summed E-state index contributed by atoms with van der Waals surface area (Å²) >= 11 is 8.67. The van der Waals surface area contributed by atoms with Gasteiger partial charge < -0.3 is 9.32 Å². The van der Waals surface area contributed by atoms with Gasteiger partial charge in [0.15, 0.2) is 0 Å². The van der Waals surface area contributed by atoms with Gasteiger partial charge in [-0.25, -0.2) is 0 Å². The number of alkyl halides is 1. The predicted octanol–water partition coefficient (Wildman–Crippen LogP) is 5.45. The summed E-state index contributed by atoms with van der Waals surface area (Å²) in [6.07, 6.45) is 8.05. The Labute approximate surface area is 163 Å². The maximum atomic E-state index is 13.8. The molecule has 0 aromatic carbocycles. The monoisotopic (exact) mass is 389 g/mol. The summed E-state index contributed by atoms with van der Waals surface area (Å²) in [6.45, 7) is 1.19. The van der Waals surface area contributed by atoms with Crippen LogP contribution in [0.5, 0.6) is 0 Å². The highest BCUT2D eigenvalue weighted by Crippen LogP contribution is 2.64. The molecule has 4 fully saturated rings. The van der Waals surface area contributed by atoms with Gasteiger partial charge in [-0.15, -0.1) is 22.9 Å². The van der Waals surface area contributed by atoms with Gasteiger partial charge in [-0.05, 0) is 73.9 Å². The lowest BCUT2D eigenvalue weighted by Gasteiger charge is -2.59. The first kappa shape index (κ1) is 16.9. The fourth-order valence-corrected chi connectivity index (χ4v) is 7.53. The molecule has 1 amide bonds. The van der Waals surface area contributed by atoms with Gasteiger partial charge in [-0.3, -0.25) is 4.79 Å². The van der Waals surface area contributed by atoms with Gasteiger partial charge in [0.25, 0.3) is 0 Å². The molecule has 4 saturated carbocycles. The summed E-state index contributed by atoms with van der Waals surface area (Å²) in [5, 5.41) is 2.07. The zero-order valence-corrected chi connectivity index (χ0v) is 16.4. The smallest absolute Gasteiger partial charge is 0.229 e. The third kappa shape index (κ3) is 2.91. The lowest BCUT2D eigenvalue weighted by atomic mass is 9.49. The van der Waals surface area contributed by atoms with E-state index in [0.717, 1.165) is 37.9 Å². The Morgan fingerprint density at radius 1 is 1.19 bits per heavy atom. The molecule has 0 radical (unpaired) electrons. The molecule has 4 bridgehead atoms. The molecule has 4 aliphatic rings. The van der Waals surface area contributed by atoms with Crippen LogP contribution in [0.3, 0.4) is 0 Å². The Morgan fingerprint density at radius 3 is 2.62 bits per heavy atom. The Hall–Kier alpha value is -1.26. The van der Waals surface area contributed by atoms with Crippen LogP contribution in [0.15, 0.2) is 40.3 Å². The van der Waals surface area contributed by atoms with Crippen LogP contribution in [-0.2, 0) is 17.9 Å². The molecule has 2 aromatic rings. The topological polar surface area (TPSA) is 33.5 Å². The highest BCUT2D eigenvalue weighted by atomic mass is 35.5. The first-order valence-electron chi connectivity index (χ1n) is 9.57. The lowest BCUT2D eigenvalue weighted by molar-refractivity contribution is -0.157. The van der Waals surface area contributed by atoms with E-state index in [1.54, 1.807) is 17.6 Å². The van der Waals surface area contributed by atoms with Crippen LogP contribution in [0.4, 0.5) is 0 Å². The number of halogens is 1. The normalized spacial score (nSPS) is 35.0. The van der Waals surface area contributed by atoms with E-state index in [4.69, 9.17) is 16.0 Å². The minimum atomic E-state index is -0.254. The van der Waals surface area contributed by atoms with Gasteiger partial charge >= 0.3 is 0 Å². The number of hydrogen-bond acceptors (Lipinski definition) is 3. The molecule has 3 nitrogen and oxygen atoms in total. The van der Waals surface area contributed by atoms with E-state index in [2.05, 4.69) is 11.4 Å². The van der Waals surface area contributed by atoms with Crippen LogP contribution >= 0.6 is 22.9 Å². The van der Waals surface area contributed by atoms with E-state index < -0.39 is 0 Å². The van der Waals surface area contributed by atoms with Crippen molar-refractivity contribution in [2.45, 2.75) is 56.5 Å². The van der Waals surface area contributed by atoms with Crippen molar-refractivity contribution in [3.63, 3.8) is 0 Å². The van der Waals surface area contributed by atoms with Crippen LogP contribution < -0.4 is 0 Å². The van der Waals surface area contributed by atoms with E-state index in [0.29, 0.717) is 30.8 Å². The molecule has 0 spiro atoms. The first-order valence-corrected chi connectivity index (χ1v) is 10.8. The van der Waals surface area contributed by atoms with Gasteiger partial charge in [-0.2, -0.15) is 0 Å². The van der Waals surface area contributed by atoms with Crippen molar-refractivity contribution in [1.29, 1.82) is 0 Å². The van der Waals surface area contributed by atoms with Crippen LogP contribution in [0.1, 0.15) is 49.2 Å². The van der Waals surface area contributed by atoms with Gasteiger partial charge in [0, 0.05) is 9.75 Å². The predicted molar refractivity (Wildman–Crippen MR) is 103 cm³/mol. The zero-order valence-electron chi connectivity index (χ0n) is 14.8. The fraction of sp³-hybridized carbons (Fsp3) is 0.571. The van der Waals surface area contributed by atoms with Crippen molar-refractivity contribution < 1.29 is 9.21 Å². The first-order chi connectivity index (χ1) is 12.5. The number of nitrogens with zero attached hydrogens (tertiary/aromatic N) is 1. The summed E-state index contributed by atoms with van der Waals surface area (Å²) in [6, 6.07) is 8.00. The SMILES string of the molecule is O=C(N(Cc1ccco1)Cc1cccs1)C12C[C@@H]3C[C@@H](CC(Cl)(C3)C1)C2. The number of amides is 1. The van der Waals surface area contributed by atoms with Crippen LogP contribution in [0.2, 0.25) is 0 Å². The molecule has 5 heteroatoms. The molecule has 4 aliphatic carbocycles. The van der Waals surface area contributed by atoms with Gasteiger partial charge in [0.2, 0.25) is 5.91 Å². The van der Waals surface area contributed by atoms with E-state index >= 15 is 0 Å². The number of hydrogen-bond donors (Lipinski definition) is 0. The van der Waals surface area contributed by atoms with E-state index in [1.807, 2.05) is 23.1 Å². The molecular formula is C21H24ClNO2S. The molecule has 2 heterocycles. The average Bonchev–Trinajstić information content (AvgIpc) is 3.25. The molecule has 6 rings (SSSR count). The molecule has 4 atom stereocenters. The minimum Gasteiger partial charge on any atom is -0.467 e. The summed E-state index contributed by atoms with van der Waals surface area (Å²) in [5.74, 6) is 2.40. The van der Waals surface area contributed by atoms with Crippen LogP contribution in [0, 0.1) is 17.3 Å². The molecule has 0 N–H and O–H groups in total. The summed E-state index contributed by atoms with van der Waals surface area (Å²) < 4.78 is 5.56. The van der Waals surface area contributed by atoms with Crippen LogP contribution in [0.25, 0.3) is 0 Å². The van der Waals surface area contributed by atoms with Crippen molar-refractivity contribution in [2.24, 2.45) is 17.3 Å². The van der Waals surface area contributed by atoms with Gasteiger partial charge in [0.05, 0.1) is 24.8 Å². The van der Waals surface area contributed by atoms with Crippen LogP contribution in [-0.4, -0.2) is 15.7 Å². The zero-order chi connectivity index (χ0) is 17.8. The Balaban J connectivity index is 1.44. The number of rotatable bonds is 5. The second kappa shape index (κ2) is 6.13. The molecular weight excluding hydrogens is 366 g/mol. The third-order valence-corrected chi connectivity index (χ3v) is 7.89. The molecule has 0 saturated heterocycles.